The molecule has 6 heteroatoms. The van der Waals surface area contributed by atoms with Gasteiger partial charge in [-0.1, -0.05) is 13.3 Å². The second-order valence-electron chi connectivity index (χ2n) is 4.02. The summed E-state index contributed by atoms with van der Waals surface area (Å²) in [6.45, 7) is 2.90. The van der Waals surface area contributed by atoms with Gasteiger partial charge in [-0.25, -0.2) is 0 Å². The molecule has 2 rings (SSSR count). The predicted octanol–water partition coefficient (Wildman–Crippen LogP) is 3.00. The number of aromatic amines is 1. The third-order valence-electron chi connectivity index (χ3n) is 2.51. The van der Waals surface area contributed by atoms with Crippen LogP contribution in [0, 0.1) is 4.77 Å². The van der Waals surface area contributed by atoms with Crippen molar-refractivity contribution in [2.24, 2.45) is 5.10 Å². The first-order chi connectivity index (χ1) is 9.29. The van der Waals surface area contributed by atoms with Crippen molar-refractivity contribution in [3.8, 4) is 5.75 Å². The van der Waals surface area contributed by atoms with E-state index in [1.54, 1.807) is 6.21 Å². The van der Waals surface area contributed by atoms with Crippen molar-refractivity contribution in [3.63, 3.8) is 0 Å². The molecule has 0 saturated carbocycles. The second kappa shape index (κ2) is 6.84. The molecule has 19 heavy (non-hydrogen) atoms. The monoisotopic (exact) mass is 276 g/mol. The highest BCUT2D eigenvalue weighted by molar-refractivity contribution is 7.71. The highest BCUT2D eigenvalue weighted by Gasteiger charge is 1.94. The number of nitrogens with zero attached hydrogens (tertiary/aromatic N) is 3. The Balaban J connectivity index is 1.97. The molecule has 0 aliphatic heterocycles. The van der Waals surface area contributed by atoms with Crippen LogP contribution in [0.1, 0.15) is 25.3 Å². The Morgan fingerprint density at radius 3 is 2.84 bits per heavy atom. The first kappa shape index (κ1) is 13.5. The number of hydrogen-bond donors (Lipinski definition) is 1. The molecule has 0 fully saturated rings. The Kier molecular flexibility index (Phi) is 4.85. The molecule has 0 atom stereocenters. The zero-order chi connectivity index (χ0) is 13.5. The van der Waals surface area contributed by atoms with Gasteiger partial charge in [-0.2, -0.15) is 14.9 Å². The number of ether oxygens (including phenoxy) is 1. The maximum atomic E-state index is 5.59. The lowest BCUT2D eigenvalue weighted by atomic mass is 10.2. The van der Waals surface area contributed by atoms with E-state index in [1.807, 2.05) is 24.3 Å². The van der Waals surface area contributed by atoms with Gasteiger partial charge in [-0.3, -0.25) is 5.10 Å². The minimum atomic E-state index is 0.468. The Hall–Kier alpha value is -1.95. The van der Waals surface area contributed by atoms with Crippen LogP contribution in [0.25, 0.3) is 0 Å². The van der Waals surface area contributed by atoms with E-state index in [-0.39, 0.29) is 0 Å². The van der Waals surface area contributed by atoms with Crippen molar-refractivity contribution in [2.45, 2.75) is 19.8 Å². The number of benzene rings is 1. The minimum Gasteiger partial charge on any atom is -0.494 e. The molecular formula is C13H16N4OS. The highest BCUT2D eigenvalue weighted by atomic mass is 32.1. The second-order valence-corrected chi connectivity index (χ2v) is 4.41. The van der Waals surface area contributed by atoms with Gasteiger partial charge in [-0.15, -0.1) is 0 Å². The van der Waals surface area contributed by atoms with Crippen LogP contribution in [0.4, 0.5) is 0 Å². The van der Waals surface area contributed by atoms with Gasteiger partial charge in [-0.05, 0) is 48.5 Å². The largest absolute Gasteiger partial charge is 0.494 e. The SMILES string of the molecule is CCCCOc1ccc(C=Nn2cn[nH]c2=S)cc1. The standard InChI is InChI=1S/C13H16N4OS/c1-2-3-8-18-12-6-4-11(5-7-12)9-15-17-10-14-16-13(17)19/h4-7,9-10H,2-3,8H2,1H3,(H,16,19). The summed E-state index contributed by atoms with van der Waals surface area (Å²) in [7, 11) is 0. The van der Waals surface area contributed by atoms with Gasteiger partial charge in [0, 0.05) is 0 Å². The number of rotatable bonds is 6. The van der Waals surface area contributed by atoms with Crippen molar-refractivity contribution >= 4 is 18.4 Å². The van der Waals surface area contributed by atoms with E-state index in [9.17, 15) is 0 Å². The molecule has 0 amide bonds. The van der Waals surface area contributed by atoms with Crippen molar-refractivity contribution in [2.75, 3.05) is 6.61 Å². The summed E-state index contributed by atoms with van der Waals surface area (Å²) in [5.41, 5.74) is 0.978. The quantitative estimate of drug-likeness (QED) is 0.501. The van der Waals surface area contributed by atoms with Crippen LogP contribution in [-0.2, 0) is 0 Å². The Labute approximate surface area is 116 Å². The summed E-state index contributed by atoms with van der Waals surface area (Å²) >= 11 is 4.99. The highest BCUT2D eigenvalue weighted by Crippen LogP contribution is 2.11. The third kappa shape index (κ3) is 4.03. The average Bonchev–Trinajstić information content (AvgIpc) is 2.84. The summed E-state index contributed by atoms with van der Waals surface area (Å²) in [5, 5.41) is 10.6. The third-order valence-corrected chi connectivity index (χ3v) is 2.79. The lowest BCUT2D eigenvalue weighted by molar-refractivity contribution is 0.309. The fourth-order valence-electron chi connectivity index (χ4n) is 1.44. The van der Waals surface area contributed by atoms with E-state index in [4.69, 9.17) is 17.0 Å². The molecule has 0 radical (unpaired) electrons. The molecule has 0 aliphatic rings. The van der Waals surface area contributed by atoms with Gasteiger partial charge in [0.25, 0.3) is 0 Å². The van der Waals surface area contributed by atoms with E-state index in [0.29, 0.717) is 4.77 Å². The number of unbranched alkanes of at least 4 members (excludes halogenated alkanes) is 1. The zero-order valence-electron chi connectivity index (χ0n) is 10.7. The van der Waals surface area contributed by atoms with Gasteiger partial charge >= 0.3 is 0 Å². The van der Waals surface area contributed by atoms with E-state index in [2.05, 4.69) is 22.2 Å². The molecule has 100 valence electrons. The van der Waals surface area contributed by atoms with Crippen LogP contribution >= 0.6 is 12.2 Å². The van der Waals surface area contributed by atoms with E-state index in [1.165, 1.54) is 11.0 Å². The molecular weight excluding hydrogens is 260 g/mol. The summed E-state index contributed by atoms with van der Waals surface area (Å²) in [6.07, 6.45) is 5.46. The molecule has 2 aromatic rings. The summed E-state index contributed by atoms with van der Waals surface area (Å²) in [6, 6.07) is 7.78. The van der Waals surface area contributed by atoms with Crippen LogP contribution in [0.15, 0.2) is 35.7 Å². The molecule has 0 bridgehead atoms. The first-order valence-electron chi connectivity index (χ1n) is 6.19. The fourth-order valence-corrected chi connectivity index (χ4v) is 1.59. The predicted molar refractivity (Wildman–Crippen MR) is 77.2 cm³/mol. The Morgan fingerprint density at radius 1 is 1.42 bits per heavy atom. The van der Waals surface area contributed by atoms with E-state index in [0.717, 1.165) is 30.8 Å². The smallest absolute Gasteiger partial charge is 0.216 e. The van der Waals surface area contributed by atoms with Crippen LogP contribution in [0.5, 0.6) is 5.75 Å². The number of hydrogen-bond acceptors (Lipinski definition) is 4. The van der Waals surface area contributed by atoms with Gasteiger partial charge in [0.05, 0.1) is 12.8 Å². The van der Waals surface area contributed by atoms with Crippen molar-refractivity contribution in [1.29, 1.82) is 0 Å². The van der Waals surface area contributed by atoms with E-state index >= 15 is 0 Å². The summed E-state index contributed by atoms with van der Waals surface area (Å²) in [5.74, 6) is 0.880. The first-order valence-corrected chi connectivity index (χ1v) is 6.59. The lowest BCUT2D eigenvalue weighted by Gasteiger charge is -2.04. The maximum Gasteiger partial charge on any atom is 0.216 e. The Morgan fingerprint density at radius 2 is 2.21 bits per heavy atom. The average molecular weight is 276 g/mol. The minimum absolute atomic E-state index is 0.468. The maximum absolute atomic E-state index is 5.59. The number of H-pyrrole nitrogens is 1. The van der Waals surface area contributed by atoms with E-state index < -0.39 is 0 Å². The molecule has 1 aromatic carbocycles. The molecule has 0 saturated heterocycles. The topological polar surface area (TPSA) is 55.2 Å². The fraction of sp³-hybridized carbons (Fsp3) is 0.308. The van der Waals surface area contributed by atoms with Crippen molar-refractivity contribution < 1.29 is 4.74 Å². The number of aromatic nitrogens is 3. The van der Waals surface area contributed by atoms with Crippen LogP contribution in [0.2, 0.25) is 0 Å². The van der Waals surface area contributed by atoms with Crippen LogP contribution in [0.3, 0.4) is 0 Å². The zero-order valence-corrected chi connectivity index (χ0v) is 11.6. The van der Waals surface area contributed by atoms with Crippen LogP contribution < -0.4 is 4.74 Å². The summed E-state index contributed by atoms with van der Waals surface area (Å²) < 4.78 is 7.56. The van der Waals surface area contributed by atoms with Gasteiger partial charge in [0.2, 0.25) is 4.77 Å². The summed E-state index contributed by atoms with van der Waals surface area (Å²) in [4.78, 5) is 0. The van der Waals surface area contributed by atoms with Crippen LogP contribution in [-0.4, -0.2) is 27.7 Å². The molecule has 1 aromatic heterocycles. The molecule has 1 N–H and O–H groups in total. The molecule has 5 nitrogen and oxygen atoms in total. The molecule has 0 spiro atoms. The van der Waals surface area contributed by atoms with Gasteiger partial charge in [0.1, 0.15) is 12.1 Å². The Bertz CT molecular complexity index is 585. The lowest BCUT2D eigenvalue weighted by Crippen LogP contribution is -1.96. The molecule has 1 heterocycles. The normalized spacial score (nSPS) is 11.0. The van der Waals surface area contributed by atoms with Gasteiger partial charge < -0.3 is 4.74 Å². The molecule has 0 aliphatic carbocycles. The number of nitrogens with one attached hydrogen (secondary N) is 1. The van der Waals surface area contributed by atoms with Crippen molar-refractivity contribution in [1.82, 2.24) is 14.9 Å². The molecule has 0 unspecified atom stereocenters. The van der Waals surface area contributed by atoms with Gasteiger partial charge in [0.15, 0.2) is 0 Å². The van der Waals surface area contributed by atoms with Crippen molar-refractivity contribution in [3.05, 3.63) is 40.9 Å².